The summed E-state index contributed by atoms with van der Waals surface area (Å²) in [4.78, 5) is 21.7. The van der Waals surface area contributed by atoms with Crippen molar-refractivity contribution in [2.45, 2.75) is 51.4 Å². The Balaban J connectivity index is 1.70. The number of carbonyl (C=O) groups is 1. The van der Waals surface area contributed by atoms with E-state index < -0.39 is 0 Å². The van der Waals surface area contributed by atoms with Crippen LogP contribution in [0.5, 0.6) is 0 Å². The van der Waals surface area contributed by atoms with Crippen molar-refractivity contribution in [1.29, 1.82) is 0 Å². The smallest absolute Gasteiger partial charge is 0.251 e. The van der Waals surface area contributed by atoms with Gasteiger partial charge in [0.05, 0.1) is 12.1 Å². The number of aryl methyl sites for hydroxylation is 1. The van der Waals surface area contributed by atoms with E-state index in [-0.39, 0.29) is 24.2 Å². The summed E-state index contributed by atoms with van der Waals surface area (Å²) in [6.45, 7) is 7.63. The van der Waals surface area contributed by atoms with E-state index >= 15 is 0 Å². The Morgan fingerprint density at radius 1 is 1.35 bits per heavy atom. The number of ether oxygens (including phenoxy) is 1. The second-order valence-electron chi connectivity index (χ2n) is 6.56. The molecule has 3 atom stereocenters. The Bertz CT molecular complexity index is 544. The molecule has 0 aliphatic carbocycles. The molecule has 0 saturated carbocycles. The van der Waals surface area contributed by atoms with Gasteiger partial charge >= 0.3 is 0 Å². The molecular weight excluding hydrogens is 292 g/mol. The SMILES string of the molecule is CC[C@@H]1CC[C@H](C(=O)N2CCN(CC)[C@H](c3nccn3C)C2)O1. The number of piperazine rings is 1. The first-order valence-corrected chi connectivity index (χ1v) is 8.79. The van der Waals surface area contributed by atoms with Gasteiger partial charge in [-0.3, -0.25) is 9.69 Å². The highest BCUT2D eigenvalue weighted by molar-refractivity contribution is 5.81. The molecule has 3 rings (SSSR count). The zero-order chi connectivity index (χ0) is 16.4. The van der Waals surface area contributed by atoms with Crippen LogP contribution in [0.4, 0.5) is 0 Å². The van der Waals surface area contributed by atoms with Gasteiger partial charge < -0.3 is 14.2 Å². The largest absolute Gasteiger partial charge is 0.365 e. The molecule has 0 bridgehead atoms. The number of likely N-dealkylation sites (N-methyl/N-ethyl adjacent to an activating group) is 1. The van der Waals surface area contributed by atoms with Crippen LogP contribution in [0, 0.1) is 0 Å². The molecule has 1 aromatic heterocycles. The summed E-state index contributed by atoms with van der Waals surface area (Å²) in [5.74, 6) is 1.19. The summed E-state index contributed by atoms with van der Waals surface area (Å²) in [6, 6.07) is 0.168. The summed E-state index contributed by atoms with van der Waals surface area (Å²) in [7, 11) is 2.02. The number of hydrogen-bond donors (Lipinski definition) is 0. The van der Waals surface area contributed by atoms with E-state index in [2.05, 4.69) is 28.3 Å². The van der Waals surface area contributed by atoms with E-state index in [9.17, 15) is 4.79 Å². The predicted octanol–water partition coefficient (Wildman–Crippen LogP) is 1.58. The lowest BCUT2D eigenvalue weighted by Crippen LogP contribution is -2.53. The van der Waals surface area contributed by atoms with E-state index in [4.69, 9.17) is 4.74 Å². The van der Waals surface area contributed by atoms with Crippen molar-refractivity contribution in [3.05, 3.63) is 18.2 Å². The Hall–Kier alpha value is -1.40. The molecule has 1 aromatic rings. The number of nitrogens with zero attached hydrogens (tertiary/aromatic N) is 4. The highest BCUT2D eigenvalue weighted by Crippen LogP contribution is 2.27. The summed E-state index contributed by atoms with van der Waals surface area (Å²) in [6.07, 6.45) is 6.67. The number of rotatable bonds is 4. The van der Waals surface area contributed by atoms with Gasteiger partial charge in [-0.15, -0.1) is 0 Å². The van der Waals surface area contributed by atoms with Crippen molar-refractivity contribution >= 4 is 5.91 Å². The molecule has 2 fully saturated rings. The van der Waals surface area contributed by atoms with E-state index in [0.717, 1.165) is 44.7 Å². The van der Waals surface area contributed by atoms with Gasteiger partial charge in [0.15, 0.2) is 0 Å². The molecule has 0 radical (unpaired) electrons. The molecule has 2 saturated heterocycles. The Morgan fingerprint density at radius 3 is 2.78 bits per heavy atom. The third-order valence-electron chi connectivity index (χ3n) is 5.20. The molecule has 2 aliphatic heterocycles. The van der Waals surface area contributed by atoms with Gasteiger partial charge in [0.1, 0.15) is 11.9 Å². The number of aromatic nitrogens is 2. The fourth-order valence-corrected chi connectivity index (χ4v) is 3.73. The van der Waals surface area contributed by atoms with Gasteiger partial charge in [0.25, 0.3) is 5.91 Å². The molecular formula is C17H28N4O2. The number of hydrogen-bond acceptors (Lipinski definition) is 4. The molecule has 3 heterocycles. The lowest BCUT2D eigenvalue weighted by Gasteiger charge is -2.41. The molecule has 6 heteroatoms. The second kappa shape index (κ2) is 7.01. The van der Waals surface area contributed by atoms with Gasteiger partial charge in [-0.2, -0.15) is 0 Å². The number of amides is 1. The van der Waals surface area contributed by atoms with Crippen LogP contribution in [0.15, 0.2) is 12.4 Å². The zero-order valence-corrected chi connectivity index (χ0v) is 14.4. The zero-order valence-electron chi connectivity index (χ0n) is 14.4. The molecule has 1 amide bonds. The first-order chi connectivity index (χ1) is 11.1. The van der Waals surface area contributed by atoms with Crippen molar-refractivity contribution < 1.29 is 9.53 Å². The standard InChI is InChI=1S/C17H28N4O2/c1-4-13-6-7-15(23-13)17(22)21-11-10-20(5-2)14(12-21)16-18-8-9-19(16)3/h8-9,13-15H,4-7,10-12H2,1-3H3/t13-,14+,15-/m1/s1. The normalized spacial score (nSPS) is 29.2. The van der Waals surface area contributed by atoms with Gasteiger partial charge in [-0.1, -0.05) is 13.8 Å². The maximum Gasteiger partial charge on any atom is 0.251 e. The highest BCUT2D eigenvalue weighted by atomic mass is 16.5. The maximum atomic E-state index is 12.8. The van der Waals surface area contributed by atoms with Crippen LogP contribution in [0.3, 0.4) is 0 Å². The van der Waals surface area contributed by atoms with Gasteiger partial charge in [0.2, 0.25) is 0 Å². The van der Waals surface area contributed by atoms with Gasteiger partial charge in [-0.05, 0) is 25.8 Å². The summed E-state index contributed by atoms with van der Waals surface area (Å²) >= 11 is 0. The molecule has 0 spiro atoms. The summed E-state index contributed by atoms with van der Waals surface area (Å²) in [5.41, 5.74) is 0. The molecule has 128 valence electrons. The van der Waals surface area contributed by atoms with Gasteiger partial charge in [0, 0.05) is 39.1 Å². The van der Waals surface area contributed by atoms with E-state index in [0.29, 0.717) is 6.54 Å². The topological polar surface area (TPSA) is 50.6 Å². The van der Waals surface area contributed by atoms with Crippen LogP contribution in [0.1, 0.15) is 45.0 Å². The van der Waals surface area contributed by atoms with Crippen LogP contribution in [-0.4, -0.2) is 63.6 Å². The summed E-state index contributed by atoms with van der Waals surface area (Å²) < 4.78 is 7.96. The monoisotopic (exact) mass is 320 g/mol. The van der Waals surface area contributed by atoms with Crippen LogP contribution >= 0.6 is 0 Å². The molecule has 0 aromatic carbocycles. The quantitative estimate of drug-likeness (QED) is 0.845. The molecule has 23 heavy (non-hydrogen) atoms. The third-order valence-corrected chi connectivity index (χ3v) is 5.20. The highest BCUT2D eigenvalue weighted by Gasteiger charge is 2.37. The first kappa shape index (κ1) is 16.5. The van der Waals surface area contributed by atoms with Crippen molar-refractivity contribution in [3.63, 3.8) is 0 Å². The van der Waals surface area contributed by atoms with Crippen LogP contribution in [0.2, 0.25) is 0 Å². The Morgan fingerprint density at radius 2 is 2.17 bits per heavy atom. The molecule has 0 unspecified atom stereocenters. The maximum absolute atomic E-state index is 12.8. The lowest BCUT2D eigenvalue weighted by atomic mass is 10.1. The molecule has 6 nitrogen and oxygen atoms in total. The first-order valence-electron chi connectivity index (χ1n) is 8.79. The van der Waals surface area contributed by atoms with Crippen molar-refractivity contribution in [2.24, 2.45) is 7.05 Å². The number of carbonyl (C=O) groups excluding carboxylic acids is 1. The van der Waals surface area contributed by atoms with Crippen molar-refractivity contribution in [2.75, 3.05) is 26.2 Å². The molecule has 2 aliphatic rings. The molecule has 0 N–H and O–H groups in total. The minimum Gasteiger partial charge on any atom is -0.365 e. The average molecular weight is 320 g/mol. The predicted molar refractivity (Wildman–Crippen MR) is 88.0 cm³/mol. The minimum absolute atomic E-state index is 0.163. The lowest BCUT2D eigenvalue weighted by molar-refractivity contribution is -0.146. The van der Waals surface area contributed by atoms with E-state index in [1.807, 2.05) is 24.3 Å². The third kappa shape index (κ3) is 3.28. The summed E-state index contributed by atoms with van der Waals surface area (Å²) in [5, 5.41) is 0. The van der Waals surface area contributed by atoms with Crippen LogP contribution < -0.4 is 0 Å². The van der Waals surface area contributed by atoms with Crippen LogP contribution in [0.25, 0.3) is 0 Å². The number of imidazole rings is 1. The van der Waals surface area contributed by atoms with Crippen LogP contribution in [-0.2, 0) is 16.6 Å². The minimum atomic E-state index is -0.241. The van der Waals surface area contributed by atoms with Crippen molar-refractivity contribution in [1.82, 2.24) is 19.4 Å². The Labute approximate surface area is 138 Å². The van der Waals surface area contributed by atoms with Crippen molar-refractivity contribution in [3.8, 4) is 0 Å². The van der Waals surface area contributed by atoms with E-state index in [1.165, 1.54) is 0 Å². The van der Waals surface area contributed by atoms with E-state index in [1.54, 1.807) is 0 Å². The Kier molecular flexibility index (Phi) is 5.02. The fraction of sp³-hybridized carbons (Fsp3) is 0.765. The second-order valence-corrected chi connectivity index (χ2v) is 6.56. The fourth-order valence-electron chi connectivity index (χ4n) is 3.73. The van der Waals surface area contributed by atoms with Gasteiger partial charge in [-0.25, -0.2) is 4.98 Å². The average Bonchev–Trinajstić information content (AvgIpc) is 3.22.